The van der Waals surface area contributed by atoms with Crippen LogP contribution in [-0.2, 0) is 17.8 Å². The van der Waals surface area contributed by atoms with Crippen molar-refractivity contribution < 1.29 is 9.53 Å². The summed E-state index contributed by atoms with van der Waals surface area (Å²) in [6, 6.07) is 9.97. The van der Waals surface area contributed by atoms with Crippen LogP contribution in [0.5, 0.6) is 0 Å². The van der Waals surface area contributed by atoms with E-state index in [4.69, 9.17) is 4.74 Å². The monoisotopic (exact) mass is 285 g/mol. The Balaban J connectivity index is 1.73. The predicted molar refractivity (Wildman–Crippen MR) is 79.5 cm³/mol. The molecule has 0 saturated heterocycles. The molecule has 1 amide bonds. The van der Waals surface area contributed by atoms with Crippen LogP contribution in [0, 0.1) is 0 Å². The number of carbonyl (C=O) groups excluding carboxylic acids is 1. The molecular weight excluding hydrogens is 266 g/mol. The average Bonchev–Trinajstić information content (AvgIpc) is 2.95. The van der Waals surface area contributed by atoms with E-state index in [-0.39, 0.29) is 6.09 Å². The zero-order valence-electron chi connectivity index (χ0n) is 12.5. The summed E-state index contributed by atoms with van der Waals surface area (Å²) < 4.78 is 5.38. The van der Waals surface area contributed by atoms with Gasteiger partial charge in [-0.2, -0.15) is 0 Å². The Kier molecular flexibility index (Phi) is 3.20. The topological polar surface area (TPSA) is 58.2 Å². The Bertz CT molecular complexity index is 632. The molecule has 0 spiro atoms. The fourth-order valence-corrected chi connectivity index (χ4v) is 2.32. The van der Waals surface area contributed by atoms with E-state index in [0.29, 0.717) is 13.1 Å². The number of carbonyl (C=O) groups is 1. The standard InChI is InChI=1S/C16H19N3O2/c1-16(2,3)21-15(20)19-9-12-13(10-19)18-14(17-12)11-7-5-4-6-8-11/h4-8H,9-10H2,1-3H3,(H,17,18). The molecule has 5 nitrogen and oxygen atoms in total. The van der Waals surface area contributed by atoms with Gasteiger partial charge in [-0.1, -0.05) is 30.3 Å². The highest BCUT2D eigenvalue weighted by atomic mass is 16.6. The highest BCUT2D eigenvalue weighted by Gasteiger charge is 2.30. The first-order chi connectivity index (χ1) is 9.92. The molecule has 2 aromatic rings. The number of fused-ring (bicyclic) bond motifs is 1. The van der Waals surface area contributed by atoms with E-state index in [1.807, 2.05) is 51.1 Å². The van der Waals surface area contributed by atoms with Crippen molar-refractivity contribution >= 4 is 6.09 Å². The number of amides is 1. The van der Waals surface area contributed by atoms with Crippen molar-refractivity contribution in [3.63, 3.8) is 0 Å². The summed E-state index contributed by atoms with van der Waals surface area (Å²) >= 11 is 0. The molecule has 1 aromatic carbocycles. The van der Waals surface area contributed by atoms with Crippen molar-refractivity contribution in [3.05, 3.63) is 41.7 Å². The average molecular weight is 285 g/mol. The van der Waals surface area contributed by atoms with Crippen LogP contribution in [0.15, 0.2) is 30.3 Å². The fourth-order valence-electron chi connectivity index (χ4n) is 2.32. The fraction of sp³-hybridized carbons (Fsp3) is 0.375. The Morgan fingerprint density at radius 3 is 2.57 bits per heavy atom. The number of benzene rings is 1. The van der Waals surface area contributed by atoms with Gasteiger partial charge in [0.2, 0.25) is 0 Å². The molecule has 0 atom stereocenters. The van der Waals surface area contributed by atoms with Gasteiger partial charge in [0.25, 0.3) is 0 Å². The number of ether oxygens (including phenoxy) is 1. The number of nitrogens with zero attached hydrogens (tertiary/aromatic N) is 2. The van der Waals surface area contributed by atoms with Crippen LogP contribution >= 0.6 is 0 Å². The lowest BCUT2D eigenvalue weighted by atomic mass is 10.2. The molecule has 0 unspecified atom stereocenters. The van der Waals surface area contributed by atoms with Crippen molar-refractivity contribution in [1.29, 1.82) is 0 Å². The molecule has 21 heavy (non-hydrogen) atoms. The van der Waals surface area contributed by atoms with E-state index in [1.54, 1.807) is 4.90 Å². The van der Waals surface area contributed by atoms with Gasteiger partial charge in [-0.15, -0.1) is 0 Å². The van der Waals surface area contributed by atoms with Gasteiger partial charge < -0.3 is 9.72 Å². The molecule has 0 radical (unpaired) electrons. The first kappa shape index (κ1) is 13.7. The predicted octanol–water partition coefficient (Wildman–Crippen LogP) is 3.33. The van der Waals surface area contributed by atoms with Crippen molar-refractivity contribution in [2.45, 2.75) is 39.5 Å². The highest BCUT2D eigenvalue weighted by molar-refractivity contribution is 5.69. The Labute approximate surface area is 124 Å². The first-order valence-corrected chi connectivity index (χ1v) is 7.03. The van der Waals surface area contributed by atoms with E-state index in [9.17, 15) is 4.79 Å². The van der Waals surface area contributed by atoms with Gasteiger partial charge >= 0.3 is 6.09 Å². The Hall–Kier alpha value is -2.30. The molecule has 0 saturated carbocycles. The number of rotatable bonds is 1. The van der Waals surface area contributed by atoms with Crippen LogP contribution < -0.4 is 0 Å². The van der Waals surface area contributed by atoms with Crippen molar-refractivity contribution in [2.24, 2.45) is 0 Å². The number of nitrogens with one attached hydrogen (secondary N) is 1. The SMILES string of the molecule is CC(C)(C)OC(=O)N1Cc2nc(-c3ccccc3)[nH]c2C1. The highest BCUT2D eigenvalue weighted by Crippen LogP contribution is 2.26. The molecule has 1 N–H and O–H groups in total. The number of aromatic nitrogens is 2. The van der Waals surface area contributed by atoms with Gasteiger partial charge in [-0.25, -0.2) is 9.78 Å². The molecule has 0 fully saturated rings. The maximum absolute atomic E-state index is 12.0. The molecule has 2 heterocycles. The lowest BCUT2D eigenvalue weighted by molar-refractivity contribution is 0.0239. The summed E-state index contributed by atoms with van der Waals surface area (Å²) in [5.74, 6) is 0.851. The minimum Gasteiger partial charge on any atom is -0.444 e. The van der Waals surface area contributed by atoms with Gasteiger partial charge in [0, 0.05) is 5.56 Å². The third-order valence-electron chi connectivity index (χ3n) is 3.25. The maximum atomic E-state index is 12.0. The van der Waals surface area contributed by atoms with Crippen molar-refractivity contribution in [2.75, 3.05) is 0 Å². The number of H-pyrrole nitrogens is 1. The van der Waals surface area contributed by atoms with Gasteiger partial charge in [0.15, 0.2) is 0 Å². The smallest absolute Gasteiger partial charge is 0.410 e. The van der Waals surface area contributed by atoms with Gasteiger partial charge in [-0.3, -0.25) is 4.90 Å². The summed E-state index contributed by atoms with van der Waals surface area (Å²) in [4.78, 5) is 21.6. The third kappa shape index (κ3) is 2.91. The minimum atomic E-state index is -0.476. The summed E-state index contributed by atoms with van der Waals surface area (Å²) in [6.07, 6.45) is -0.296. The molecule has 110 valence electrons. The summed E-state index contributed by atoms with van der Waals surface area (Å²) in [7, 11) is 0. The van der Waals surface area contributed by atoms with Crippen LogP contribution in [0.25, 0.3) is 11.4 Å². The number of hydrogen-bond acceptors (Lipinski definition) is 3. The van der Waals surface area contributed by atoms with Gasteiger partial charge in [-0.05, 0) is 20.8 Å². The minimum absolute atomic E-state index is 0.296. The van der Waals surface area contributed by atoms with Crippen LogP contribution in [-0.4, -0.2) is 26.6 Å². The lowest BCUT2D eigenvalue weighted by Gasteiger charge is -2.24. The summed E-state index contributed by atoms with van der Waals surface area (Å²) in [6.45, 7) is 6.61. The number of imidazole rings is 1. The molecule has 3 rings (SSSR count). The van der Waals surface area contributed by atoms with E-state index < -0.39 is 5.60 Å². The van der Waals surface area contributed by atoms with Gasteiger partial charge in [0.1, 0.15) is 11.4 Å². The molecule has 1 aliphatic heterocycles. The molecule has 1 aliphatic rings. The van der Waals surface area contributed by atoms with Crippen LogP contribution in [0.2, 0.25) is 0 Å². The normalized spacial score (nSPS) is 14.1. The second-order valence-electron chi connectivity index (χ2n) is 6.21. The van der Waals surface area contributed by atoms with E-state index in [0.717, 1.165) is 22.8 Å². The Morgan fingerprint density at radius 1 is 1.24 bits per heavy atom. The quantitative estimate of drug-likeness (QED) is 0.874. The van der Waals surface area contributed by atoms with Gasteiger partial charge in [0.05, 0.1) is 24.5 Å². The zero-order valence-corrected chi connectivity index (χ0v) is 12.5. The van der Waals surface area contributed by atoms with Crippen molar-refractivity contribution in [3.8, 4) is 11.4 Å². The summed E-state index contributed by atoms with van der Waals surface area (Å²) in [5, 5.41) is 0. The third-order valence-corrected chi connectivity index (χ3v) is 3.25. The Morgan fingerprint density at radius 2 is 1.95 bits per heavy atom. The maximum Gasteiger partial charge on any atom is 0.410 e. The van der Waals surface area contributed by atoms with Crippen LogP contribution in [0.3, 0.4) is 0 Å². The second kappa shape index (κ2) is 4.91. The molecular formula is C16H19N3O2. The van der Waals surface area contributed by atoms with Crippen LogP contribution in [0.1, 0.15) is 32.2 Å². The zero-order chi connectivity index (χ0) is 15.0. The molecule has 5 heteroatoms. The van der Waals surface area contributed by atoms with E-state index >= 15 is 0 Å². The van der Waals surface area contributed by atoms with E-state index in [1.165, 1.54) is 0 Å². The van der Waals surface area contributed by atoms with Crippen LogP contribution in [0.4, 0.5) is 4.79 Å². The summed E-state index contributed by atoms with van der Waals surface area (Å²) in [5.41, 5.74) is 2.48. The first-order valence-electron chi connectivity index (χ1n) is 7.03. The largest absolute Gasteiger partial charge is 0.444 e. The molecule has 0 aliphatic carbocycles. The van der Waals surface area contributed by atoms with E-state index in [2.05, 4.69) is 9.97 Å². The number of hydrogen-bond donors (Lipinski definition) is 1. The lowest BCUT2D eigenvalue weighted by Crippen LogP contribution is -2.33. The molecule has 1 aromatic heterocycles. The van der Waals surface area contributed by atoms with Crippen molar-refractivity contribution in [1.82, 2.24) is 14.9 Å². The second-order valence-corrected chi connectivity index (χ2v) is 6.21. The number of aromatic amines is 1. The molecule has 0 bridgehead atoms.